The van der Waals surface area contributed by atoms with E-state index >= 15 is 0 Å². The summed E-state index contributed by atoms with van der Waals surface area (Å²) in [6.07, 6.45) is 3.39. The number of ether oxygens (including phenoxy) is 1. The fourth-order valence-corrected chi connectivity index (χ4v) is 3.97. The van der Waals surface area contributed by atoms with E-state index in [1.165, 1.54) is 19.1 Å². The molecule has 2 fully saturated rings. The third-order valence-corrected chi connectivity index (χ3v) is 4.97. The van der Waals surface area contributed by atoms with Crippen molar-refractivity contribution in [1.29, 1.82) is 0 Å². The van der Waals surface area contributed by atoms with E-state index in [1.807, 2.05) is 6.07 Å². The molecule has 4 heteroatoms. The van der Waals surface area contributed by atoms with Gasteiger partial charge in [-0.1, -0.05) is 30.3 Å². The molecule has 1 aromatic rings. The maximum Gasteiger partial charge on any atom is 0.310 e. The molecule has 3 rings (SSSR count). The van der Waals surface area contributed by atoms with Crippen molar-refractivity contribution >= 4 is 18.4 Å². The van der Waals surface area contributed by atoms with E-state index in [4.69, 9.17) is 4.74 Å². The minimum atomic E-state index is -0.0500. The van der Waals surface area contributed by atoms with Crippen molar-refractivity contribution in [1.82, 2.24) is 4.90 Å². The quantitative estimate of drug-likeness (QED) is 0.786. The maximum atomic E-state index is 12.2. The number of carbonyl (C=O) groups is 1. The molecule has 110 valence electrons. The lowest BCUT2D eigenvalue weighted by molar-refractivity contribution is -0.150. The van der Waals surface area contributed by atoms with Crippen LogP contribution >= 0.6 is 12.4 Å². The fourth-order valence-electron chi connectivity index (χ4n) is 3.97. The molecule has 20 heavy (non-hydrogen) atoms. The van der Waals surface area contributed by atoms with Crippen LogP contribution in [0, 0.1) is 5.92 Å². The normalized spacial score (nSPS) is 32.5. The van der Waals surface area contributed by atoms with Gasteiger partial charge in [-0.15, -0.1) is 12.4 Å². The molecule has 4 atom stereocenters. The summed E-state index contributed by atoms with van der Waals surface area (Å²) in [7, 11) is 3.66. The Hall–Kier alpha value is -1.06. The number of hydrogen-bond donors (Lipinski definition) is 0. The average Bonchev–Trinajstić information content (AvgIpc) is 2.70. The Morgan fingerprint density at radius 3 is 2.60 bits per heavy atom. The fraction of sp³-hybridized carbons (Fsp3) is 0.562. The average molecular weight is 296 g/mol. The van der Waals surface area contributed by atoms with Crippen molar-refractivity contribution in [2.75, 3.05) is 14.2 Å². The lowest BCUT2D eigenvalue weighted by Crippen LogP contribution is -2.49. The summed E-state index contributed by atoms with van der Waals surface area (Å²) < 4.78 is 5.07. The largest absolute Gasteiger partial charge is 0.469 e. The van der Waals surface area contributed by atoms with Crippen molar-refractivity contribution in [3.8, 4) is 0 Å². The predicted molar refractivity (Wildman–Crippen MR) is 81.1 cm³/mol. The zero-order valence-corrected chi connectivity index (χ0v) is 12.8. The van der Waals surface area contributed by atoms with Crippen LogP contribution in [0.2, 0.25) is 0 Å². The molecule has 2 bridgehead atoms. The Kier molecular flexibility index (Phi) is 4.71. The van der Waals surface area contributed by atoms with Gasteiger partial charge in [0.2, 0.25) is 0 Å². The predicted octanol–water partition coefficient (Wildman–Crippen LogP) is 2.85. The highest BCUT2D eigenvalue weighted by molar-refractivity contribution is 5.85. The molecule has 0 radical (unpaired) electrons. The number of nitrogens with zero attached hydrogens (tertiary/aromatic N) is 1. The van der Waals surface area contributed by atoms with Crippen molar-refractivity contribution < 1.29 is 9.53 Å². The zero-order chi connectivity index (χ0) is 13.4. The molecule has 2 aliphatic heterocycles. The number of rotatable bonds is 2. The Labute approximate surface area is 126 Å². The van der Waals surface area contributed by atoms with E-state index in [0.717, 1.165) is 12.8 Å². The van der Waals surface area contributed by atoms with Crippen LogP contribution in [-0.2, 0) is 9.53 Å². The van der Waals surface area contributed by atoms with E-state index < -0.39 is 0 Å². The van der Waals surface area contributed by atoms with Crippen LogP contribution in [-0.4, -0.2) is 37.1 Å². The molecule has 0 aliphatic carbocycles. The minimum Gasteiger partial charge on any atom is -0.469 e. The molecular formula is C16H22ClNO2. The number of carbonyl (C=O) groups excluding carboxylic acids is 1. The highest BCUT2D eigenvalue weighted by atomic mass is 35.5. The molecule has 0 N–H and O–H groups in total. The summed E-state index contributed by atoms with van der Waals surface area (Å²) in [5.74, 6) is 0.240. The van der Waals surface area contributed by atoms with Gasteiger partial charge in [0.25, 0.3) is 0 Å². The smallest absolute Gasteiger partial charge is 0.310 e. The zero-order valence-electron chi connectivity index (χ0n) is 12.0. The van der Waals surface area contributed by atoms with E-state index in [0.29, 0.717) is 18.0 Å². The van der Waals surface area contributed by atoms with E-state index in [2.05, 4.69) is 36.2 Å². The summed E-state index contributed by atoms with van der Waals surface area (Å²) in [6, 6.07) is 11.4. The topological polar surface area (TPSA) is 29.5 Å². The molecule has 2 unspecified atom stereocenters. The van der Waals surface area contributed by atoms with Crippen molar-refractivity contribution in [2.24, 2.45) is 5.92 Å². The van der Waals surface area contributed by atoms with Gasteiger partial charge < -0.3 is 4.74 Å². The van der Waals surface area contributed by atoms with Gasteiger partial charge in [0.05, 0.1) is 13.0 Å². The monoisotopic (exact) mass is 295 g/mol. The third-order valence-electron chi connectivity index (χ3n) is 4.97. The lowest BCUT2D eigenvalue weighted by atomic mass is 9.76. The van der Waals surface area contributed by atoms with Gasteiger partial charge in [-0.3, -0.25) is 9.69 Å². The van der Waals surface area contributed by atoms with Crippen LogP contribution in [0.4, 0.5) is 0 Å². The van der Waals surface area contributed by atoms with Crippen LogP contribution in [0.5, 0.6) is 0 Å². The second kappa shape index (κ2) is 6.15. The van der Waals surface area contributed by atoms with Gasteiger partial charge in [-0.2, -0.15) is 0 Å². The maximum absolute atomic E-state index is 12.2. The Bertz CT molecular complexity index is 465. The van der Waals surface area contributed by atoms with Gasteiger partial charge >= 0.3 is 5.97 Å². The molecule has 0 saturated carbocycles. The summed E-state index contributed by atoms with van der Waals surface area (Å²) in [4.78, 5) is 14.6. The lowest BCUT2D eigenvalue weighted by Gasteiger charge is -2.41. The van der Waals surface area contributed by atoms with Gasteiger partial charge in [0.1, 0.15) is 0 Å². The molecule has 3 nitrogen and oxygen atoms in total. The first-order chi connectivity index (χ1) is 9.22. The van der Waals surface area contributed by atoms with Crippen LogP contribution in [0.15, 0.2) is 30.3 Å². The van der Waals surface area contributed by atoms with Gasteiger partial charge in [-0.05, 0) is 31.9 Å². The van der Waals surface area contributed by atoms with Crippen molar-refractivity contribution in [2.45, 2.75) is 37.3 Å². The third kappa shape index (κ3) is 2.45. The summed E-state index contributed by atoms with van der Waals surface area (Å²) in [6.45, 7) is 0. The van der Waals surface area contributed by atoms with Crippen molar-refractivity contribution in [3.63, 3.8) is 0 Å². The van der Waals surface area contributed by atoms with Gasteiger partial charge in [0.15, 0.2) is 0 Å². The second-order valence-electron chi connectivity index (χ2n) is 5.77. The molecule has 2 heterocycles. The number of fused-ring (bicyclic) bond motifs is 2. The molecule has 0 aromatic heterocycles. The van der Waals surface area contributed by atoms with Crippen LogP contribution in [0.3, 0.4) is 0 Å². The van der Waals surface area contributed by atoms with Gasteiger partial charge in [0, 0.05) is 18.0 Å². The standard InChI is InChI=1S/C16H21NO2.ClH/c1-17-12-8-9-14(17)15(16(18)19-2)13(10-12)11-6-4-3-5-7-11;/h3-7,12-15H,8-10H2,1-2H3;1H/t12-,13+,14?,15?;/m1./s1. The highest BCUT2D eigenvalue weighted by Gasteiger charge is 2.49. The molecule has 2 aliphatic rings. The minimum absolute atomic E-state index is 0. The number of piperidine rings is 1. The summed E-state index contributed by atoms with van der Waals surface area (Å²) >= 11 is 0. The molecule has 2 saturated heterocycles. The second-order valence-corrected chi connectivity index (χ2v) is 5.77. The number of esters is 1. The van der Waals surface area contributed by atoms with Crippen LogP contribution in [0.1, 0.15) is 30.7 Å². The Balaban J connectivity index is 0.00000147. The molecule has 0 spiro atoms. The number of methoxy groups -OCH3 is 1. The van der Waals surface area contributed by atoms with E-state index in [9.17, 15) is 4.79 Å². The Morgan fingerprint density at radius 2 is 1.95 bits per heavy atom. The molecule has 0 amide bonds. The summed E-state index contributed by atoms with van der Waals surface area (Å²) in [5, 5.41) is 0. The Morgan fingerprint density at radius 1 is 1.25 bits per heavy atom. The first-order valence-electron chi connectivity index (χ1n) is 7.07. The number of hydrogen-bond acceptors (Lipinski definition) is 3. The number of benzene rings is 1. The van der Waals surface area contributed by atoms with Gasteiger partial charge in [-0.25, -0.2) is 0 Å². The summed E-state index contributed by atoms with van der Waals surface area (Å²) in [5.41, 5.74) is 1.28. The SMILES string of the molecule is COC(=O)C1C2CC[C@H](C[C@H]1c1ccccc1)N2C.Cl. The highest BCUT2D eigenvalue weighted by Crippen LogP contribution is 2.46. The number of halogens is 1. The first-order valence-corrected chi connectivity index (χ1v) is 7.07. The first kappa shape index (κ1) is 15.3. The van der Waals surface area contributed by atoms with E-state index in [-0.39, 0.29) is 24.3 Å². The van der Waals surface area contributed by atoms with Crippen molar-refractivity contribution in [3.05, 3.63) is 35.9 Å². The van der Waals surface area contributed by atoms with Crippen LogP contribution < -0.4 is 0 Å². The van der Waals surface area contributed by atoms with E-state index in [1.54, 1.807) is 0 Å². The molecule has 1 aromatic carbocycles. The molecular weight excluding hydrogens is 274 g/mol. The van der Waals surface area contributed by atoms with Crippen LogP contribution in [0.25, 0.3) is 0 Å².